The first-order valence-corrected chi connectivity index (χ1v) is 9.25. The van der Waals surface area contributed by atoms with Crippen molar-refractivity contribution in [3.63, 3.8) is 0 Å². The lowest BCUT2D eigenvalue weighted by Gasteiger charge is -2.26. The van der Waals surface area contributed by atoms with E-state index in [1.165, 1.54) is 17.8 Å². The molecule has 22 heavy (non-hydrogen) atoms. The van der Waals surface area contributed by atoms with Crippen molar-refractivity contribution in [2.45, 2.75) is 19.3 Å². The van der Waals surface area contributed by atoms with Gasteiger partial charge in [-0.1, -0.05) is 6.07 Å². The van der Waals surface area contributed by atoms with Crippen molar-refractivity contribution in [2.24, 2.45) is 0 Å². The van der Waals surface area contributed by atoms with Crippen molar-refractivity contribution in [1.82, 2.24) is 9.88 Å². The van der Waals surface area contributed by atoms with Crippen LogP contribution in [0.3, 0.4) is 0 Å². The number of hydrogen-bond acceptors (Lipinski definition) is 4. The molecule has 0 bridgehead atoms. The summed E-state index contributed by atoms with van der Waals surface area (Å²) in [6, 6.07) is 8.14. The van der Waals surface area contributed by atoms with Crippen LogP contribution >= 0.6 is 22.7 Å². The normalized spacial score (nSPS) is 15.4. The van der Waals surface area contributed by atoms with Crippen LogP contribution in [0.25, 0.3) is 20.7 Å². The number of amides is 1. The maximum Gasteiger partial charge on any atom is 0.264 e. The Morgan fingerprint density at radius 3 is 2.77 bits per heavy atom. The smallest absolute Gasteiger partial charge is 0.264 e. The summed E-state index contributed by atoms with van der Waals surface area (Å²) < 4.78 is 0. The quantitative estimate of drug-likeness (QED) is 0.686. The molecule has 1 amide bonds. The van der Waals surface area contributed by atoms with E-state index in [-0.39, 0.29) is 5.91 Å². The minimum absolute atomic E-state index is 0.172. The Hall–Kier alpha value is -1.72. The molecule has 0 aromatic carbocycles. The molecule has 3 aromatic heterocycles. The average Bonchev–Trinajstić information content (AvgIpc) is 3.21. The predicted molar refractivity (Wildman–Crippen MR) is 92.7 cm³/mol. The minimum atomic E-state index is 0.172. The maximum atomic E-state index is 13.0. The second-order valence-corrected chi connectivity index (χ2v) is 7.44. The van der Waals surface area contributed by atoms with Crippen LogP contribution in [0.1, 0.15) is 28.9 Å². The summed E-state index contributed by atoms with van der Waals surface area (Å²) in [5.74, 6) is 0.172. The van der Waals surface area contributed by atoms with Crippen molar-refractivity contribution in [2.75, 3.05) is 13.1 Å². The molecule has 1 fully saturated rings. The topological polar surface area (TPSA) is 33.2 Å². The SMILES string of the molecule is O=C(c1sc2ncccc2c1-c1cccs1)N1CCCCC1. The molecule has 4 heterocycles. The zero-order valence-corrected chi connectivity index (χ0v) is 13.8. The van der Waals surface area contributed by atoms with Crippen LogP contribution < -0.4 is 0 Å². The molecule has 3 nitrogen and oxygen atoms in total. The van der Waals surface area contributed by atoms with Crippen LogP contribution in [0.5, 0.6) is 0 Å². The standard InChI is InChI=1S/C17H16N2OS2/c20-17(19-9-2-1-3-10-19)15-14(13-7-5-11-21-13)12-6-4-8-18-16(12)22-15/h4-8,11H,1-3,9-10H2. The molecule has 0 unspecified atom stereocenters. The Morgan fingerprint density at radius 1 is 1.14 bits per heavy atom. The summed E-state index contributed by atoms with van der Waals surface area (Å²) in [6.45, 7) is 1.76. The van der Waals surface area contributed by atoms with Crippen LogP contribution in [0.15, 0.2) is 35.8 Å². The summed E-state index contributed by atoms with van der Waals surface area (Å²) in [4.78, 5) is 22.4. The third kappa shape index (κ3) is 2.34. The molecule has 0 saturated carbocycles. The zero-order valence-electron chi connectivity index (χ0n) is 12.1. The molecule has 1 aliphatic rings. The molecule has 0 spiro atoms. The van der Waals surface area contributed by atoms with Crippen LogP contribution in [0.2, 0.25) is 0 Å². The second kappa shape index (κ2) is 5.82. The highest BCUT2D eigenvalue weighted by molar-refractivity contribution is 7.22. The molecule has 0 aliphatic carbocycles. The van der Waals surface area contributed by atoms with E-state index < -0.39 is 0 Å². The first kappa shape index (κ1) is 13.9. The van der Waals surface area contributed by atoms with Gasteiger partial charge < -0.3 is 4.90 Å². The number of carbonyl (C=O) groups excluding carboxylic acids is 1. The van der Waals surface area contributed by atoms with E-state index in [4.69, 9.17) is 0 Å². The van der Waals surface area contributed by atoms with Gasteiger partial charge in [-0.15, -0.1) is 22.7 Å². The van der Waals surface area contributed by atoms with E-state index in [2.05, 4.69) is 22.5 Å². The molecule has 112 valence electrons. The van der Waals surface area contributed by atoms with Gasteiger partial charge >= 0.3 is 0 Å². The van der Waals surface area contributed by atoms with Crippen molar-refractivity contribution in [3.8, 4) is 10.4 Å². The lowest BCUT2D eigenvalue weighted by molar-refractivity contribution is 0.0730. The van der Waals surface area contributed by atoms with Gasteiger partial charge in [0.1, 0.15) is 9.71 Å². The molecule has 0 atom stereocenters. The maximum absolute atomic E-state index is 13.0. The third-order valence-electron chi connectivity index (χ3n) is 4.07. The van der Waals surface area contributed by atoms with Crippen molar-refractivity contribution < 1.29 is 4.79 Å². The molecular formula is C17H16N2OS2. The molecule has 1 saturated heterocycles. The van der Waals surface area contributed by atoms with E-state index >= 15 is 0 Å². The lowest BCUT2D eigenvalue weighted by Crippen LogP contribution is -2.35. The first-order valence-electron chi connectivity index (χ1n) is 7.55. The number of carbonyl (C=O) groups is 1. The van der Waals surface area contributed by atoms with E-state index in [1.54, 1.807) is 17.5 Å². The fourth-order valence-electron chi connectivity index (χ4n) is 2.99. The molecule has 4 rings (SSSR count). The highest BCUT2D eigenvalue weighted by Gasteiger charge is 2.25. The van der Waals surface area contributed by atoms with Gasteiger partial charge in [0.25, 0.3) is 5.91 Å². The number of hydrogen-bond donors (Lipinski definition) is 0. The fourth-order valence-corrected chi connectivity index (χ4v) is 4.97. The zero-order chi connectivity index (χ0) is 14.9. The van der Waals surface area contributed by atoms with Gasteiger partial charge in [-0.25, -0.2) is 4.98 Å². The van der Waals surface area contributed by atoms with Crippen molar-refractivity contribution in [1.29, 1.82) is 0 Å². The summed E-state index contributed by atoms with van der Waals surface area (Å²) in [5.41, 5.74) is 1.07. The predicted octanol–water partition coefficient (Wildman–Crippen LogP) is 4.65. The number of rotatable bonds is 2. The van der Waals surface area contributed by atoms with Gasteiger partial charge in [0, 0.05) is 35.1 Å². The Labute approximate surface area is 137 Å². The summed E-state index contributed by atoms with van der Waals surface area (Å²) in [6.07, 6.45) is 5.26. The highest BCUT2D eigenvalue weighted by atomic mass is 32.1. The lowest BCUT2D eigenvalue weighted by atomic mass is 10.1. The Balaban J connectivity index is 1.86. The molecule has 1 aliphatic heterocycles. The van der Waals surface area contributed by atoms with Crippen LogP contribution in [-0.2, 0) is 0 Å². The van der Waals surface area contributed by atoms with Gasteiger partial charge in [0.05, 0.1) is 0 Å². The van der Waals surface area contributed by atoms with Crippen LogP contribution in [0.4, 0.5) is 0 Å². The largest absolute Gasteiger partial charge is 0.338 e. The minimum Gasteiger partial charge on any atom is -0.338 e. The number of thiophene rings is 2. The van der Waals surface area contributed by atoms with Gasteiger partial charge in [-0.3, -0.25) is 4.79 Å². The Bertz CT molecular complexity index is 801. The van der Waals surface area contributed by atoms with E-state index in [0.717, 1.165) is 51.5 Å². The first-order chi connectivity index (χ1) is 10.8. The monoisotopic (exact) mass is 328 g/mol. The fraction of sp³-hybridized carbons (Fsp3) is 0.294. The van der Waals surface area contributed by atoms with E-state index in [9.17, 15) is 4.79 Å². The summed E-state index contributed by atoms with van der Waals surface area (Å²) in [5, 5.41) is 3.15. The highest BCUT2D eigenvalue weighted by Crippen LogP contribution is 2.40. The average molecular weight is 328 g/mol. The number of aromatic nitrogens is 1. The number of piperidine rings is 1. The van der Waals surface area contributed by atoms with Crippen LogP contribution in [-0.4, -0.2) is 28.9 Å². The number of likely N-dealkylation sites (tertiary alicyclic amines) is 1. The van der Waals surface area contributed by atoms with Crippen LogP contribution in [0, 0.1) is 0 Å². The number of pyridine rings is 1. The Kier molecular flexibility index (Phi) is 3.68. The molecule has 3 aromatic rings. The van der Waals surface area contributed by atoms with Gasteiger partial charge in [-0.05, 0) is 42.8 Å². The van der Waals surface area contributed by atoms with E-state index in [0.29, 0.717) is 0 Å². The summed E-state index contributed by atoms with van der Waals surface area (Å²) >= 11 is 3.21. The molecule has 0 N–H and O–H groups in total. The number of nitrogens with zero attached hydrogens (tertiary/aromatic N) is 2. The molecule has 0 radical (unpaired) electrons. The van der Waals surface area contributed by atoms with Gasteiger partial charge in [0.15, 0.2) is 0 Å². The van der Waals surface area contributed by atoms with Crippen molar-refractivity contribution >= 4 is 38.8 Å². The Morgan fingerprint density at radius 2 is 2.00 bits per heavy atom. The third-order valence-corrected chi connectivity index (χ3v) is 6.06. The summed E-state index contributed by atoms with van der Waals surface area (Å²) in [7, 11) is 0. The molecular weight excluding hydrogens is 312 g/mol. The van der Waals surface area contributed by atoms with Crippen molar-refractivity contribution in [3.05, 3.63) is 40.7 Å². The second-order valence-electron chi connectivity index (χ2n) is 5.49. The number of fused-ring (bicyclic) bond motifs is 1. The van der Waals surface area contributed by atoms with Gasteiger partial charge in [0.2, 0.25) is 0 Å². The molecule has 5 heteroatoms. The van der Waals surface area contributed by atoms with E-state index in [1.807, 2.05) is 17.0 Å². The van der Waals surface area contributed by atoms with Gasteiger partial charge in [-0.2, -0.15) is 0 Å².